The quantitative estimate of drug-likeness (QED) is 0.837. The number of likely N-dealkylation sites (tertiary alicyclic amines) is 1. The van der Waals surface area contributed by atoms with Gasteiger partial charge in [0.2, 0.25) is 5.91 Å². The Bertz CT molecular complexity index is 533. The van der Waals surface area contributed by atoms with Crippen LogP contribution in [0.3, 0.4) is 0 Å². The van der Waals surface area contributed by atoms with Crippen LogP contribution >= 0.6 is 11.3 Å². The summed E-state index contributed by atoms with van der Waals surface area (Å²) in [6.07, 6.45) is 4.83. The van der Waals surface area contributed by atoms with Crippen LogP contribution in [-0.4, -0.2) is 59.8 Å². The highest BCUT2D eigenvalue weighted by Crippen LogP contribution is 2.35. The molecule has 0 saturated carbocycles. The van der Waals surface area contributed by atoms with Crippen molar-refractivity contribution in [2.24, 2.45) is 11.8 Å². The maximum absolute atomic E-state index is 12.8. The summed E-state index contributed by atoms with van der Waals surface area (Å²) in [7, 11) is 0. The van der Waals surface area contributed by atoms with E-state index in [0.29, 0.717) is 13.2 Å². The molecule has 3 atom stereocenters. The number of thiazole rings is 1. The van der Waals surface area contributed by atoms with Crippen LogP contribution in [0.25, 0.3) is 0 Å². The molecule has 0 unspecified atom stereocenters. The molecule has 4 heterocycles. The van der Waals surface area contributed by atoms with E-state index in [-0.39, 0.29) is 23.8 Å². The van der Waals surface area contributed by atoms with Crippen LogP contribution in [0.15, 0.2) is 11.6 Å². The Labute approximate surface area is 140 Å². The standard InChI is InChI=1S/C16H23N3O3S/c20-16(19-5-1-7-22-19)12-3-8-21-14-2-6-18(10-13(12)14)11-15-17-4-9-23-15/h4,9,12-14H,1-3,5-8,10-11H2/t12-,13+,14-/m1/s1. The zero-order valence-corrected chi connectivity index (χ0v) is 14.0. The molecule has 126 valence electrons. The fraction of sp³-hybridized carbons (Fsp3) is 0.750. The third-order valence-corrected chi connectivity index (χ3v) is 5.88. The molecule has 7 heteroatoms. The first kappa shape index (κ1) is 15.5. The number of aromatic nitrogens is 1. The van der Waals surface area contributed by atoms with Crippen LogP contribution in [0.2, 0.25) is 0 Å². The molecular weight excluding hydrogens is 314 g/mol. The first-order valence-electron chi connectivity index (χ1n) is 8.48. The molecule has 0 aliphatic carbocycles. The summed E-state index contributed by atoms with van der Waals surface area (Å²) in [5.41, 5.74) is 0. The molecule has 0 radical (unpaired) electrons. The second kappa shape index (κ2) is 6.84. The highest BCUT2D eigenvalue weighted by molar-refractivity contribution is 7.09. The minimum absolute atomic E-state index is 0.0333. The van der Waals surface area contributed by atoms with Crippen LogP contribution in [0.1, 0.15) is 24.3 Å². The minimum Gasteiger partial charge on any atom is -0.378 e. The van der Waals surface area contributed by atoms with Crippen molar-refractivity contribution in [1.29, 1.82) is 0 Å². The van der Waals surface area contributed by atoms with Crippen LogP contribution < -0.4 is 0 Å². The predicted octanol–water partition coefficient (Wildman–Crippen LogP) is 1.53. The van der Waals surface area contributed by atoms with Gasteiger partial charge in [0, 0.05) is 43.1 Å². The number of amides is 1. The molecule has 0 N–H and O–H groups in total. The Morgan fingerprint density at radius 1 is 1.35 bits per heavy atom. The van der Waals surface area contributed by atoms with Crippen molar-refractivity contribution in [3.63, 3.8) is 0 Å². The Kier molecular flexibility index (Phi) is 4.61. The number of ether oxygens (including phenoxy) is 1. The summed E-state index contributed by atoms with van der Waals surface area (Å²) in [6.45, 7) is 4.89. The van der Waals surface area contributed by atoms with Crippen molar-refractivity contribution >= 4 is 17.2 Å². The summed E-state index contributed by atoms with van der Waals surface area (Å²) in [5.74, 6) is 0.469. The first-order chi connectivity index (χ1) is 11.3. The zero-order valence-electron chi connectivity index (χ0n) is 13.2. The van der Waals surface area contributed by atoms with Gasteiger partial charge in [-0.3, -0.25) is 14.5 Å². The van der Waals surface area contributed by atoms with E-state index in [1.54, 1.807) is 16.4 Å². The Morgan fingerprint density at radius 2 is 2.30 bits per heavy atom. The van der Waals surface area contributed by atoms with Crippen molar-refractivity contribution in [3.05, 3.63) is 16.6 Å². The van der Waals surface area contributed by atoms with Crippen molar-refractivity contribution in [2.45, 2.75) is 31.9 Å². The molecule has 1 amide bonds. The molecule has 0 bridgehead atoms. The van der Waals surface area contributed by atoms with E-state index < -0.39 is 0 Å². The van der Waals surface area contributed by atoms with E-state index in [0.717, 1.165) is 50.4 Å². The molecule has 1 aromatic rings. The van der Waals surface area contributed by atoms with E-state index in [4.69, 9.17) is 9.57 Å². The van der Waals surface area contributed by atoms with Gasteiger partial charge in [-0.25, -0.2) is 10.0 Å². The van der Waals surface area contributed by atoms with Gasteiger partial charge in [-0.15, -0.1) is 11.3 Å². The van der Waals surface area contributed by atoms with Crippen LogP contribution in [0.5, 0.6) is 0 Å². The summed E-state index contributed by atoms with van der Waals surface area (Å²) < 4.78 is 5.96. The van der Waals surface area contributed by atoms with Crippen LogP contribution in [0, 0.1) is 11.8 Å². The molecule has 6 nitrogen and oxygen atoms in total. The molecule has 3 aliphatic rings. The van der Waals surface area contributed by atoms with E-state index in [1.807, 2.05) is 11.6 Å². The zero-order chi connectivity index (χ0) is 15.6. The van der Waals surface area contributed by atoms with Crippen molar-refractivity contribution in [2.75, 3.05) is 32.8 Å². The van der Waals surface area contributed by atoms with Gasteiger partial charge < -0.3 is 4.74 Å². The van der Waals surface area contributed by atoms with E-state index in [9.17, 15) is 4.79 Å². The van der Waals surface area contributed by atoms with Gasteiger partial charge in [0.15, 0.2) is 0 Å². The lowest BCUT2D eigenvalue weighted by Crippen LogP contribution is -2.53. The lowest BCUT2D eigenvalue weighted by atomic mass is 9.79. The average molecular weight is 337 g/mol. The highest BCUT2D eigenvalue weighted by Gasteiger charge is 2.43. The molecular formula is C16H23N3O3S. The van der Waals surface area contributed by atoms with Gasteiger partial charge in [-0.2, -0.15) is 0 Å². The van der Waals surface area contributed by atoms with Gasteiger partial charge in [0.1, 0.15) is 5.01 Å². The smallest absolute Gasteiger partial charge is 0.249 e. The summed E-state index contributed by atoms with van der Waals surface area (Å²) in [6, 6.07) is 0. The number of hydrogen-bond donors (Lipinski definition) is 0. The summed E-state index contributed by atoms with van der Waals surface area (Å²) >= 11 is 1.69. The van der Waals surface area contributed by atoms with Crippen molar-refractivity contribution in [3.8, 4) is 0 Å². The third kappa shape index (κ3) is 3.28. The van der Waals surface area contributed by atoms with Crippen LogP contribution in [-0.2, 0) is 20.9 Å². The average Bonchev–Trinajstić information content (AvgIpc) is 3.27. The maximum atomic E-state index is 12.8. The second-order valence-electron chi connectivity index (χ2n) is 6.55. The number of hydroxylamine groups is 2. The molecule has 0 spiro atoms. The first-order valence-corrected chi connectivity index (χ1v) is 9.36. The molecule has 3 aliphatic heterocycles. The van der Waals surface area contributed by atoms with E-state index in [1.165, 1.54) is 0 Å². The molecule has 3 saturated heterocycles. The fourth-order valence-corrected chi connectivity index (χ4v) is 4.62. The minimum atomic E-state index is 0.0333. The highest BCUT2D eigenvalue weighted by atomic mass is 32.1. The lowest BCUT2D eigenvalue weighted by Gasteiger charge is -2.44. The number of nitrogens with zero attached hydrogens (tertiary/aromatic N) is 3. The number of hydrogen-bond acceptors (Lipinski definition) is 6. The van der Waals surface area contributed by atoms with Gasteiger partial charge in [0.05, 0.1) is 25.8 Å². The second-order valence-corrected chi connectivity index (χ2v) is 7.52. The molecule has 1 aromatic heterocycles. The van der Waals surface area contributed by atoms with Gasteiger partial charge in [-0.05, 0) is 19.3 Å². The molecule has 4 rings (SSSR count). The largest absolute Gasteiger partial charge is 0.378 e. The number of rotatable bonds is 3. The maximum Gasteiger partial charge on any atom is 0.249 e. The lowest BCUT2D eigenvalue weighted by molar-refractivity contribution is -0.185. The Hall–Kier alpha value is -1.02. The number of carbonyl (C=O) groups is 1. The SMILES string of the molecule is O=C([C@@H]1CCO[C@@H]2CCN(Cc3nccs3)C[C@H]21)N1CCCO1. The van der Waals surface area contributed by atoms with Crippen LogP contribution in [0.4, 0.5) is 0 Å². The van der Waals surface area contributed by atoms with Crippen molar-refractivity contribution < 1.29 is 14.4 Å². The Morgan fingerprint density at radius 3 is 3.09 bits per heavy atom. The topological polar surface area (TPSA) is 54.9 Å². The number of piperidine rings is 1. The van der Waals surface area contributed by atoms with E-state index >= 15 is 0 Å². The molecule has 3 fully saturated rings. The number of fused-ring (bicyclic) bond motifs is 1. The summed E-state index contributed by atoms with van der Waals surface area (Å²) in [5, 5.41) is 4.75. The molecule has 0 aromatic carbocycles. The summed E-state index contributed by atoms with van der Waals surface area (Å²) in [4.78, 5) is 25.1. The number of carbonyl (C=O) groups excluding carboxylic acids is 1. The van der Waals surface area contributed by atoms with Gasteiger partial charge >= 0.3 is 0 Å². The Balaban J connectivity index is 1.44. The van der Waals surface area contributed by atoms with E-state index in [2.05, 4.69) is 9.88 Å². The monoisotopic (exact) mass is 337 g/mol. The predicted molar refractivity (Wildman–Crippen MR) is 85.6 cm³/mol. The normalized spacial score (nSPS) is 32.0. The molecule has 23 heavy (non-hydrogen) atoms. The third-order valence-electron chi connectivity index (χ3n) is 5.11. The van der Waals surface area contributed by atoms with Crippen molar-refractivity contribution in [1.82, 2.24) is 14.9 Å². The van der Waals surface area contributed by atoms with Gasteiger partial charge in [0.25, 0.3) is 0 Å². The fourth-order valence-electron chi connectivity index (χ4n) is 3.96. The van der Waals surface area contributed by atoms with Gasteiger partial charge in [-0.1, -0.05) is 0 Å².